The van der Waals surface area contributed by atoms with Crippen LogP contribution in [0, 0.1) is 0 Å². The molecule has 30 heavy (non-hydrogen) atoms. The van der Waals surface area contributed by atoms with Crippen molar-refractivity contribution in [2.24, 2.45) is 0 Å². The zero-order chi connectivity index (χ0) is 20.8. The van der Waals surface area contributed by atoms with Gasteiger partial charge in [0.2, 0.25) is 11.6 Å². The second kappa shape index (κ2) is 9.61. The Morgan fingerprint density at radius 2 is 0.700 bits per heavy atom. The molecule has 0 fully saturated rings. The summed E-state index contributed by atoms with van der Waals surface area (Å²) in [5.74, 6) is -0.982. The first-order valence-corrected chi connectivity index (χ1v) is 11.1. The first-order chi connectivity index (χ1) is 14.7. The minimum Gasteiger partial charge on any atom is -0.285 e. The highest BCUT2D eigenvalue weighted by Gasteiger charge is 2.18. The SMILES string of the molecule is O=C(C(=O)c1ccc(Sc2ccccc2)cc1)c1ccc(Sc2ccccc2)cc1. The van der Waals surface area contributed by atoms with Crippen LogP contribution in [-0.2, 0) is 0 Å². The molecule has 4 aromatic carbocycles. The first-order valence-electron chi connectivity index (χ1n) is 9.44. The van der Waals surface area contributed by atoms with Gasteiger partial charge in [-0.1, -0.05) is 59.9 Å². The molecule has 0 atom stereocenters. The van der Waals surface area contributed by atoms with Gasteiger partial charge in [-0.05, 0) is 72.8 Å². The maximum atomic E-state index is 12.6. The van der Waals surface area contributed by atoms with Crippen LogP contribution in [0.3, 0.4) is 0 Å². The maximum absolute atomic E-state index is 12.6. The van der Waals surface area contributed by atoms with E-state index in [0.29, 0.717) is 11.1 Å². The second-order valence-corrected chi connectivity index (χ2v) is 8.83. The normalized spacial score (nSPS) is 10.5. The van der Waals surface area contributed by atoms with Crippen molar-refractivity contribution in [3.05, 3.63) is 120 Å². The van der Waals surface area contributed by atoms with Crippen LogP contribution in [0.4, 0.5) is 0 Å². The topological polar surface area (TPSA) is 34.1 Å². The molecule has 4 rings (SSSR count). The van der Waals surface area contributed by atoms with Crippen LogP contribution in [0.2, 0.25) is 0 Å². The fourth-order valence-corrected chi connectivity index (χ4v) is 4.54. The highest BCUT2D eigenvalue weighted by Crippen LogP contribution is 2.29. The number of benzene rings is 4. The maximum Gasteiger partial charge on any atom is 0.233 e. The lowest BCUT2D eigenvalue weighted by molar-refractivity contribution is 0.0817. The average molecular weight is 427 g/mol. The highest BCUT2D eigenvalue weighted by atomic mass is 32.2. The fraction of sp³-hybridized carbons (Fsp3) is 0. The molecule has 0 saturated heterocycles. The summed E-state index contributed by atoms with van der Waals surface area (Å²) in [5.41, 5.74) is 0.806. The van der Waals surface area contributed by atoms with E-state index in [-0.39, 0.29) is 0 Å². The largest absolute Gasteiger partial charge is 0.285 e. The van der Waals surface area contributed by atoms with Gasteiger partial charge in [-0.2, -0.15) is 0 Å². The summed E-state index contributed by atoms with van der Waals surface area (Å²) in [6.45, 7) is 0. The summed E-state index contributed by atoms with van der Waals surface area (Å²) < 4.78 is 0. The second-order valence-electron chi connectivity index (χ2n) is 6.54. The molecule has 0 aliphatic rings. The van der Waals surface area contributed by atoms with Crippen molar-refractivity contribution in [2.45, 2.75) is 19.6 Å². The Hall–Kier alpha value is -3.08. The van der Waals surface area contributed by atoms with E-state index in [9.17, 15) is 9.59 Å². The zero-order valence-electron chi connectivity index (χ0n) is 16.0. The van der Waals surface area contributed by atoms with Gasteiger partial charge < -0.3 is 0 Å². The molecule has 0 heterocycles. The summed E-state index contributed by atoms with van der Waals surface area (Å²) in [6.07, 6.45) is 0. The molecule has 0 aliphatic carbocycles. The van der Waals surface area contributed by atoms with E-state index < -0.39 is 11.6 Å². The van der Waals surface area contributed by atoms with Crippen molar-refractivity contribution in [3.63, 3.8) is 0 Å². The van der Waals surface area contributed by atoms with Crippen molar-refractivity contribution < 1.29 is 9.59 Å². The summed E-state index contributed by atoms with van der Waals surface area (Å²) in [4.78, 5) is 29.6. The Balaban J connectivity index is 1.42. The quantitative estimate of drug-likeness (QED) is 0.234. The molecule has 0 aromatic heterocycles. The van der Waals surface area contributed by atoms with Crippen molar-refractivity contribution in [1.29, 1.82) is 0 Å². The van der Waals surface area contributed by atoms with Crippen LogP contribution in [0.15, 0.2) is 129 Å². The van der Waals surface area contributed by atoms with E-state index in [4.69, 9.17) is 0 Å². The lowest BCUT2D eigenvalue weighted by Crippen LogP contribution is -2.14. The third-order valence-corrected chi connectivity index (χ3v) is 6.43. The average Bonchev–Trinajstić information content (AvgIpc) is 2.80. The molecule has 4 heteroatoms. The van der Waals surface area contributed by atoms with E-state index in [1.54, 1.807) is 47.8 Å². The van der Waals surface area contributed by atoms with Crippen molar-refractivity contribution in [1.82, 2.24) is 0 Å². The van der Waals surface area contributed by atoms with Gasteiger partial charge in [-0.3, -0.25) is 9.59 Å². The highest BCUT2D eigenvalue weighted by molar-refractivity contribution is 7.99. The summed E-state index contributed by atoms with van der Waals surface area (Å²) >= 11 is 3.23. The number of ketones is 2. The van der Waals surface area contributed by atoms with Crippen LogP contribution in [0.1, 0.15) is 20.7 Å². The van der Waals surface area contributed by atoms with Gasteiger partial charge in [0, 0.05) is 30.7 Å². The number of carbonyl (C=O) groups excluding carboxylic acids is 2. The number of hydrogen-bond donors (Lipinski definition) is 0. The van der Waals surface area contributed by atoms with Gasteiger partial charge >= 0.3 is 0 Å². The predicted molar refractivity (Wildman–Crippen MR) is 123 cm³/mol. The molecule has 146 valence electrons. The van der Waals surface area contributed by atoms with Crippen molar-refractivity contribution in [3.8, 4) is 0 Å². The molecular weight excluding hydrogens is 408 g/mol. The predicted octanol–water partition coefficient (Wildman–Crippen LogP) is 7.05. The molecule has 0 bridgehead atoms. The van der Waals surface area contributed by atoms with Gasteiger partial charge in [-0.15, -0.1) is 0 Å². The monoisotopic (exact) mass is 426 g/mol. The van der Waals surface area contributed by atoms with Gasteiger partial charge in [0.25, 0.3) is 0 Å². The third-order valence-electron chi connectivity index (χ3n) is 4.40. The number of carbonyl (C=O) groups is 2. The Morgan fingerprint density at radius 3 is 1.03 bits per heavy atom. The van der Waals surface area contributed by atoms with Crippen LogP contribution >= 0.6 is 23.5 Å². The molecule has 0 aliphatic heterocycles. The lowest BCUT2D eigenvalue weighted by atomic mass is 10.0. The van der Waals surface area contributed by atoms with E-state index in [0.717, 1.165) is 19.6 Å². The van der Waals surface area contributed by atoms with Crippen LogP contribution in [0.25, 0.3) is 0 Å². The smallest absolute Gasteiger partial charge is 0.233 e. The number of hydrogen-bond acceptors (Lipinski definition) is 4. The molecule has 0 radical (unpaired) electrons. The minimum absolute atomic E-state index is 0.403. The zero-order valence-corrected chi connectivity index (χ0v) is 17.7. The Bertz CT molecular complexity index is 1040. The van der Waals surface area contributed by atoms with Crippen molar-refractivity contribution >= 4 is 35.1 Å². The van der Waals surface area contributed by atoms with Gasteiger partial charge in [0.1, 0.15) is 0 Å². The van der Waals surface area contributed by atoms with Crippen LogP contribution in [0.5, 0.6) is 0 Å². The summed E-state index contributed by atoms with van der Waals surface area (Å²) in [5, 5.41) is 0. The van der Waals surface area contributed by atoms with Crippen LogP contribution in [-0.4, -0.2) is 11.6 Å². The van der Waals surface area contributed by atoms with E-state index >= 15 is 0 Å². The molecule has 0 amide bonds. The van der Waals surface area contributed by atoms with Crippen molar-refractivity contribution in [2.75, 3.05) is 0 Å². The number of rotatable bonds is 7. The molecule has 0 spiro atoms. The Labute approximate surface area is 184 Å². The minimum atomic E-state index is -0.491. The number of Topliss-reactive ketones (excluding diaryl/α,β-unsaturated/α-hetero) is 2. The van der Waals surface area contributed by atoms with E-state index in [1.165, 1.54) is 0 Å². The first kappa shape index (κ1) is 20.2. The Kier molecular flexibility index (Phi) is 6.47. The molecule has 0 saturated carbocycles. The molecule has 0 N–H and O–H groups in total. The molecule has 2 nitrogen and oxygen atoms in total. The van der Waals surface area contributed by atoms with E-state index in [2.05, 4.69) is 0 Å². The van der Waals surface area contributed by atoms with Gasteiger partial charge in [-0.25, -0.2) is 0 Å². The standard InChI is InChI=1S/C26H18O2S2/c27-25(19-11-15-23(16-12-19)29-21-7-3-1-4-8-21)26(28)20-13-17-24(18-14-20)30-22-9-5-2-6-10-22/h1-18H. The summed E-state index contributed by atoms with van der Waals surface area (Å²) in [7, 11) is 0. The fourth-order valence-electron chi connectivity index (χ4n) is 2.86. The van der Waals surface area contributed by atoms with Gasteiger partial charge in [0.05, 0.1) is 0 Å². The molecule has 4 aromatic rings. The van der Waals surface area contributed by atoms with Gasteiger partial charge in [0.15, 0.2) is 0 Å². The Morgan fingerprint density at radius 1 is 0.400 bits per heavy atom. The van der Waals surface area contributed by atoms with E-state index in [1.807, 2.05) is 84.9 Å². The van der Waals surface area contributed by atoms with Crippen LogP contribution < -0.4 is 0 Å². The molecule has 0 unspecified atom stereocenters. The lowest BCUT2D eigenvalue weighted by Gasteiger charge is -2.05. The molecular formula is C26H18O2S2. The third kappa shape index (κ3) is 5.09. The summed E-state index contributed by atoms with van der Waals surface area (Å²) in [6, 6.07) is 34.4.